The fourth-order valence-corrected chi connectivity index (χ4v) is 3.99. The summed E-state index contributed by atoms with van der Waals surface area (Å²) in [6, 6.07) is 13.0. The molecule has 0 radical (unpaired) electrons. The highest BCUT2D eigenvalue weighted by Crippen LogP contribution is 2.28. The van der Waals surface area contributed by atoms with Crippen molar-refractivity contribution in [2.75, 3.05) is 13.1 Å². The van der Waals surface area contributed by atoms with Crippen molar-refractivity contribution in [3.63, 3.8) is 0 Å². The van der Waals surface area contributed by atoms with Crippen LogP contribution in [0.2, 0.25) is 0 Å². The lowest BCUT2D eigenvalue weighted by atomic mass is 10.1. The van der Waals surface area contributed by atoms with Gasteiger partial charge in [-0.05, 0) is 24.1 Å². The first kappa shape index (κ1) is 26.7. The maximum atomic E-state index is 13.0. The topological polar surface area (TPSA) is 134 Å². The standard InChI is InChI=1S/C25H23F3N4O6/c26-25(27,28)38-20-10-16(23(36)31-9-8-18(33)14-31)6-7-17(20)12-29-22(35)19-11-21(34)32(24(37)30-19)13-15-4-2-1-3-5-15/h1-7,10-11,18,33H,8-9,12-14H2,(H,29,35)(H,30,37)/t18-/m1/s1. The van der Waals surface area contributed by atoms with Crippen molar-refractivity contribution in [3.05, 3.63) is 97.8 Å². The van der Waals surface area contributed by atoms with Crippen molar-refractivity contribution < 1.29 is 32.6 Å². The van der Waals surface area contributed by atoms with Crippen molar-refractivity contribution >= 4 is 11.8 Å². The monoisotopic (exact) mass is 532 g/mol. The summed E-state index contributed by atoms with van der Waals surface area (Å²) in [7, 11) is 0. The van der Waals surface area contributed by atoms with E-state index in [4.69, 9.17) is 0 Å². The van der Waals surface area contributed by atoms with Gasteiger partial charge in [0, 0.05) is 36.8 Å². The number of nitrogens with one attached hydrogen (secondary N) is 2. The number of likely N-dealkylation sites (tertiary alicyclic amines) is 1. The van der Waals surface area contributed by atoms with Crippen molar-refractivity contribution in [1.29, 1.82) is 0 Å². The highest BCUT2D eigenvalue weighted by molar-refractivity contribution is 5.95. The van der Waals surface area contributed by atoms with Crippen molar-refractivity contribution in [2.45, 2.75) is 32.0 Å². The normalized spacial score (nSPS) is 15.4. The fourth-order valence-electron chi connectivity index (χ4n) is 3.99. The number of halogens is 3. The van der Waals surface area contributed by atoms with Gasteiger partial charge in [0.05, 0.1) is 12.6 Å². The predicted octanol–water partition coefficient (Wildman–Crippen LogP) is 1.62. The van der Waals surface area contributed by atoms with Crippen molar-refractivity contribution in [2.24, 2.45) is 0 Å². The summed E-state index contributed by atoms with van der Waals surface area (Å²) in [4.78, 5) is 53.7. The molecule has 0 saturated carbocycles. The van der Waals surface area contributed by atoms with Crippen LogP contribution in [0.4, 0.5) is 13.2 Å². The molecule has 0 spiro atoms. The molecule has 1 saturated heterocycles. The Morgan fingerprint density at radius 2 is 1.84 bits per heavy atom. The smallest absolute Gasteiger partial charge is 0.405 e. The largest absolute Gasteiger partial charge is 0.573 e. The van der Waals surface area contributed by atoms with E-state index in [-0.39, 0.29) is 36.5 Å². The van der Waals surface area contributed by atoms with Crippen LogP contribution in [-0.4, -0.2) is 56.9 Å². The van der Waals surface area contributed by atoms with E-state index in [9.17, 15) is 37.5 Å². The number of aliphatic hydroxyl groups is 1. The van der Waals surface area contributed by atoms with E-state index in [2.05, 4.69) is 15.0 Å². The lowest BCUT2D eigenvalue weighted by Gasteiger charge is -2.18. The number of rotatable bonds is 7. The molecular weight excluding hydrogens is 509 g/mol. The number of benzene rings is 2. The summed E-state index contributed by atoms with van der Waals surface area (Å²) in [6.45, 7) is -0.156. The van der Waals surface area contributed by atoms with Crippen LogP contribution in [0.5, 0.6) is 5.75 Å². The molecule has 2 heterocycles. The summed E-state index contributed by atoms with van der Waals surface area (Å²) >= 11 is 0. The van der Waals surface area contributed by atoms with Crippen molar-refractivity contribution in [3.8, 4) is 5.75 Å². The van der Waals surface area contributed by atoms with Gasteiger partial charge < -0.3 is 25.0 Å². The number of aromatic nitrogens is 2. The summed E-state index contributed by atoms with van der Waals surface area (Å²) in [5.41, 5.74) is -1.44. The zero-order valence-corrected chi connectivity index (χ0v) is 19.8. The zero-order valence-electron chi connectivity index (χ0n) is 19.8. The Hall–Kier alpha value is -4.39. The van der Waals surface area contributed by atoms with Gasteiger partial charge >= 0.3 is 12.1 Å². The average Bonchev–Trinajstić information content (AvgIpc) is 3.30. The maximum absolute atomic E-state index is 13.0. The third-order valence-corrected chi connectivity index (χ3v) is 5.88. The Bertz CT molecular complexity index is 1420. The van der Waals surface area contributed by atoms with Gasteiger partial charge in [0.25, 0.3) is 17.4 Å². The molecule has 3 N–H and O–H groups in total. The summed E-state index contributed by atoms with van der Waals surface area (Å²) in [6.07, 6.45) is -5.41. The Labute approximate surface area is 213 Å². The molecule has 13 heteroatoms. The number of nitrogens with zero attached hydrogens (tertiary/aromatic N) is 2. The highest BCUT2D eigenvalue weighted by atomic mass is 19.4. The number of carbonyl (C=O) groups excluding carboxylic acids is 2. The van der Waals surface area contributed by atoms with E-state index in [0.29, 0.717) is 12.0 Å². The van der Waals surface area contributed by atoms with Gasteiger partial charge in [-0.3, -0.25) is 19.0 Å². The van der Waals surface area contributed by atoms with Crippen LogP contribution in [0, 0.1) is 0 Å². The molecule has 1 aromatic heterocycles. The van der Waals surface area contributed by atoms with Crippen LogP contribution in [0.1, 0.15) is 38.4 Å². The quantitative estimate of drug-likeness (QED) is 0.424. The van der Waals surface area contributed by atoms with E-state index in [1.807, 2.05) is 0 Å². The number of β-amino-alcohol motifs (C(OH)–C–C–N with tert-alkyl or cyclic N) is 1. The lowest BCUT2D eigenvalue weighted by Crippen LogP contribution is -2.38. The SMILES string of the molecule is O=C(NCc1ccc(C(=O)N2CC[C@@H](O)C2)cc1OC(F)(F)F)c1cc(=O)n(Cc2ccccc2)c(=O)[nH]1. The number of H-pyrrole nitrogens is 1. The van der Waals surface area contributed by atoms with Crippen LogP contribution in [0.25, 0.3) is 0 Å². The molecule has 10 nitrogen and oxygen atoms in total. The summed E-state index contributed by atoms with van der Waals surface area (Å²) in [5.74, 6) is -2.18. The van der Waals surface area contributed by atoms with E-state index < -0.39 is 47.8 Å². The number of aliphatic hydroxyl groups excluding tert-OH is 1. The second-order valence-corrected chi connectivity index (χ2v) is 8.64. The summed E-state index contributed by atoms with van der Waals surface area (Å²) < 4.78 is 44.1. The predicted molar refractivity (Wildman–Crippen MR) is 128 cm³/mol. The van der Waals surface area contributed by atoms with Gasteiger partial charge in [-0.2, -0.15) is 0 Å². The maximum Gasteiger partial charge on any atom is 0.573 e. The van der Waals surface area contributed by atoms with E-state index in [1.165, 1.54) is 17.0 Å². The van der Waals surface area contributed by atoms with E-state index in [0.717, 1.165) is 16.7 Å². The number of aromatic amines is 1. The highest BCUT2D eigenvalue weighted by Gasteiger charge is 2.33. The van der Waals surface area contributed by atoms with Crippen LogP contribution in [-0.2, 0) is 13.1 Å². The fraction of sp³-hybridized carbons (Fsp3) is 0.280. The molecule has 4 rings (SSSR count). The van der Waals surface area contributed by atoms with Crippen molar-refractivity contribution in [1.82, 2.24) is 19.8 Å². The first-order valence-electron chi connectivity index (χ1n) is 11.5. The second-order valence-electron chi connectivity index (χ2n) is 8.64. The average molecular weight is 532 g/mol. The van der Waals surface area contributed by atoms with Crippen LogP contribution < -0.4 is 21.3 Å². The van der Waals surface area contributed by atoms with Gasteiger partial charge in [0.2, 0.25) is 0 Å². The number of carbonyl (C=O) groups is 2. The first-order chi connectivity index (χ1) is 18.0. The van der Waals surface area contributed by atoms with Crippen LogP contribution in [0.3, 0.4) is 0 Å². The van der Waals surface area contributed by atoms with Gasteiger partial charge in [-0.15, -0.1) is 13.2 Å². The number of alkyl halides is 3. The molecule has 0 aliphatic carbocycles. The Morgan fingerprint density at radius 3 is 2.47 bits per heavy atom. The molecule has 1 atom stereocenters. The molecular formula is C25H23F3N4O6. The minimum absolute atomic E-state index is 0.0174. The lowest BCUT2D eigenvalue weighted by molar-refractivity contribution is -0.274. The zero-order chi connectivity index (χ0) is 27.4. The van der Waals surface area contributed by atoms with E-state index in [1.54, 1.807) is 30.3 Å². The summed E-state index contributed by atoms with van der Waals surface area (Å²) in [5, 5.41) is 12.0. The Balaban J connectivity index is 1.51. The molecule has 3 aromatic rings. The van der Waals surface area contributed by atoms with Gasteiger partial charge in [0.1, 0.15) is 11.4 Å². The second kappa shape index (κ2) is 10.9. The number of amides is 2. The minimum atomic E-state index is -5.07. The molecule has 200 valence electrons. The third-order valence-electron chi connectivity index (χ3n) is 5.88. The third kappa shape index (κ3) is 6.48. The van der Waals surface area contributed by atoms with Crippen LogP contribution in [0.15, 0.2) is 64.2 Å². The van der Waals surface area contributed by atoms with Gasteiger partial charge in [0.15, 0.2) is 0 Å². The molecule has 0 unspecified atom stereocenters. The van der Waals surface area contributed by atoms with E-state index >= 15 is 0 Å². The first-order valence-corrected chi connectivity index (χ1v) is 11.5. The van der Waals surface area contributed by atoms with Gasteiger partial charge in [-0.1, -0.05) is 36.4 Å². The Kier molecular flexibility index (Phi) is 7.67. The Morgan fingerprint density at radius 1 is 1.11 bits per heavy atom. The van der Waals surface area contributed by atoms with Crippen LogP contribution >= 0.6 is 0 Å². The minimum Gasteiger partial charge on any atom is -0.405 e. The molecule has 2 amide bonds. The molecule has 1 aliphatic heterocycles. The number of hydrogen-bond donors (Lipinski definition) is 3. The number of ether oxygens (including phenoxy) is 1. The molecule has 38 heavy (non-hydrogen) atoms. The molecule has 0 bridgehead atoms. The molecule has 1 aliphatic rings. The van der Waals surface area contributed by atoms with Gasteiger partial charge in [-0.25, -0.2) is 4.79 Å². The molecule has 2 aromatic carbocycles. The molecule has 1 fully saturated rings. The number of hydrogen-bond acceptors (Lipinski definition) is 6.